The highest BCUT2D eigenvalue weighted by Gasteiger charge is 2.37. The molecule has 2 aromatic heterocycles. The van der Waals surface area contributed by atoms with E-state index in [-0.39, 0.29) is 11.1 Å². The summed E-state index contributed by atoms with van der Waals surface area (Å²) in [5.41, 5.74) is 5.49. The number of amides is 1. The molecule has 0 aliphatic carbocycles. The van der Waals surface area contributed by atoms with Gasteiger partial charge >= 0.3 is 6.09 Å². The monoisotopic (exact) mass is 641 g/mol. The molecule has 3 aromatic rings. The Bertz CT molecular complexity index is 1480. The number of thiophene rings is 1. The molecule has 5 rings (SSSR count). The lowest BCUT2D eigenvalue weighted by molar-refractivity contribution is 0.0256. The highest BCUT2D eigenvalue weighted by atomic mass is 35.5. The number of carbonyl (C=O) groups is 1. The summed E-state index contributed by atoms with van der Waals surface area (Å²) in [4.78, 5) is 23.3. The number of aryl methyl sites for hydroxylation is 1. The van der Waals surface area contributed by atoms with E-state index >= 15 is 0 Å². The van der Waals surface area contributed by atoms with Crippen molar-refractivity contribution in [1.82, 2.24) is 9.88 Å². The van der Waals surface area contributed by atoms with Crippen molar-refractivity contribution in [2.24, 2.45) is 0 Å². The van der Waals surface area contributed by atoms with E-state index in [1.54, 1.807) is 11.3 Å². The van der Waals surface area contributed by atoms with Crippen LogP contribution in [0.5, 0.6) is 0 Å². The van der Waals surface area contributed by atoms with Gasteiger partial charge in [0.25, 0.3) is 0 Å². The van der Waals surface area contributed by atoms with Gasteiger partial charge in [-0.2, -0.15) is 0 Å². The van der Waals surface area contributed by atoms with Crippen molar-refractivity contribution in [3.63, 3.8) is 0 Å². The summed E-state index contributed by atoms with van der Waals surface area (Å²) < 4.78 is 13.5. The lowest BCUT2D eigenvalue weighted by Crippen LogP contribution is -2.41. The molecule has 2 aliphatic rings. The van der Waals surface area contributed by atoms with Crippen LogP contribution in [0.3, 0.4) is 0 Å². The number of ether oxygens (including phenoxy) is 1. The topological polar surface area (TPSA) is 54.9 Å². The first-order chi connectivity index (χ1) is 20.1. The number of carbonyl (C=O) groups excluding carboxylic acids is 1. The number of aromatic nitrogens is 1. The van der Waals surface area contributed by atoms with Gasteiger partial charge in [-0.3, -0.25) is 4.98 Å². The Labute approximate surface area is 267 Å². The minimum absolute atomic E-state index is 0.165. The molecule has 6 nitrogen and oxygen atoms in total. The molecule has 43 heavy (non-hydrogen) atoms. The van der Waals surface area contributed by atoms with Crippen molar-refractivity contribution in [2.45, 2.75) is 110 Å². The van der Waals surface area contributed by atoms with Gasteiger partial charge in [0.1, 0.15) is 5.60 Å². The van der Waals surface area contributed by atoms with Gasteiger partial charge in [0.2, 0.25) is 0 Å². The van der Waals surface area contributed by atoms with E-state index in [2.05, 4.69) is 63.0 Å². The van der Waals surface area contributed by atoms with Gasteiger partial charge in [-0.05, 0) is 101 Å². The van der Waals surface area contributed by atoms with E-state index in [9.17, 15) is 4.79 Å². The van der Waals surface area contributed by atoms with Crippen LogP contribution < -0.4 is 4.90 Å². The van der Waals surface area contributed by atoms with Crippen LogP contribution in [0.25, 0.3) is 21.3 Å². The second-order valence-electron chi connectivity index (χ2n) is 14.6. The zero-order chi connectivity index (χ0) is 31.2. The first-order valence-corrected chi connectivity index (χ1v) is 19.8. The Morgan fingerprint density at radius 2 is 1.81 bits per heavy atom. The van der Waals surface area contributed by atoms with E-state index in [4.69, 9.17) is 25.7 Å². The van der Waals surface area contributed by atoms with Crippen molar-refractivity contribution >= 4 is 53.3 Å². The summed E-state index contributed by atoms with van der Waals surface area (Å²) in [5, 5.41) is 0.939. The second kappa shape index (κ2) is 12.3. The fraction of sp³-hybridized carbons (Fsp3) is 0.588. The van der Waals surface area contributed by atoms with E-state index in [1.165, 1.54) is 32.0 Å². The lowest BCUT2D eigenvalue weighted by Gasteiger charge is -2.39. The van der Waals surface area contributed by atoms with Crippen LogP contribution in [0.15, 0.2) is 30.5 Å². The van der Waals surface area contributed by atoms with Gasteiger partial charge in [0, 0.05) is 58.6 Å². The highest BCUT2D eigenvalue weighted by Crippen LogP contribution is 2.45. The summed E-state index contributed by atoms with van der Waals surface area (Å²) in [6.07, 6.45) is 6.75. The Hall–Kier alpha value is -2.13. The molecular weight excluding hydrogens is 594 g/mol. The largest absolute Gasteiger partial charge is 0.444 e. The highest BCUT2D eigenvalue weighted by molar-refractivity contribution is 7.19. The van der Waals surface area contributed by atoms with Gasteiger partial charge in [-0.1, -0.05) is 32.4 Å². The molecule has 1 saturated heterocycles. The fourth-order valence-electron chi connectivity index (χ4n) is 5.95. The molecule has 1 amide bonds. The quantitative estimate of drug-likeness (QED) is 0.260. The number of fused-ring (bicyclic) bond motifs is 2. The minimum atomic E-state index is -1.87. The number of rotatable bonds is 5. The van der Waals surface area contributed by atoms with Crippen molar-refractivity contribution < 1.29 is 14.0 Å². The molecule has 0 bridgehead atoms. The zero-order valence-corrected chi connectivity index (χ0v) is 29.8. The summed E-state index contributed by atoms with van der Waals surface area (Å²) in [7, 11) is -1.87. The van der Waals surface area contributed by atoms with Gasteiger partial charge in [0.05, 0.1) is 16.8 Å². The molecule has 1 atom stereocenters. The van der Waals surface area contributed by atoms with Crippen molar-refractivity contribution in [3.8, 4) is 11.1 Å². The molecule has 1 fully saturated rings. The van der Waals surface area contributed by atoms with E-state index in [1.807, 2.05) is 31.9 Å². The third kappa shape index (κ3) is 7.24. The van der Waals surface area contributed by atoms with Crippen LogP contribution in [0, 0.1) is 0 Å². The number of anilines is 1. The number of nitrogens with zero attached hydrogens (tertiary/aromatic N) is 3. The predicted molar refractivity (Wildman–Crippen MR) is 183 cm³/mol. The third-order valence-electron chi connectivity index (χ3n) is 9.21. The molecular formula is C34H48ClN3O3SSi. The average Bonchev–Trinajstić information content (AvgIpc) is 3.17. The van der Waals surface area contributed by atoms with Crippen LogP contribution in [0.4, 0.5) is 10.5 Å². The van der Waals surface area contributed by atoms with Crippen molar-refractivity contribution in [1.29, 1.82) is 0 Å². The Morgan fingerprint density at radius 3 is 2.53 bits per heavy atom. The summed E-state index contributed by atoms with van der Waals surface area (Å²) in [6, 6.07) is 8.99. The van der Waals surface area contributed by atoms with E-state index in [0.29, 0.717) is 19.2 Å². The standard InChI is InChI=1S/C34H48ClN3O3SSi/c1-33(2,3)41-32(39)37-16-10-12-25(14-18-37)38-17-9-11-23-19-24(35)20-28(30(23)38)27-13-15-36-29-21-26(42-31(27)29)22-40-43(7,8)34(4,5)6/h13,15,19-21,25H,9-12,14,16-18,22H2,1-8H3/t25-/m0/s1. The molecule has 0 unspecified atom stereocenters. The molecule has 2 aliphatic heterocycles. The lowest BCUT2D eigenvalue weighted by atomic mass is 9.91. The normalized spacial score (nSPS) is 18.5. The van der Waals surface area contributed by atoms with E-state index < -0.39 is 13.9 Å². The predicted octanol–water partition coefficient (Wildman–Crippen LogP) is 9.68. The molecule has 1 aromatic carbocycles. The van der Waals surface area contributed by atoms with Gasteiger partial charge in [0.15, 0.2) is 8.32 Å². The number of benzene rings is 1. The SMILES string of the molecule is CC(C)(C)OC(=O)N1CCC[C@H](N2CCCc3cc(Cl)cc(-c4ccnc5cc(CO[Si](C)(C)C(C)(C)C)sc45)c32)CC1. The second-order valence-corrected chi connectivity index (χ2v) is 21.0. The maximum Gasteiger partial charge on any atom is 0.410 e. The molecule has 0 N–H and O–H groups in total. The fourth-order valence-corrected chi connectivity index (χ4v) is 8.30. The summed E-state index contributed by atoms with van der Waals surface area (Å²) in [6.45, 7) is 20.3. The Balaban J connectivity index is 1.46. The van der Waals surface area contributed by atoms with Crippen LogP contribution >= 0.6 is 22.9 Å². The van der Waals surface area contributed by atoms with Gasteiger partial charge < -0.3 is 19.0 Å². The smallest absolute Gasteiger partial charge is 0.410 e. The molecule has 0 radical (unpaired) electrons. The van der Waals surface area contributed by atoms with Crippen molar-refractivity contribution in [2.75, 3.05) is 24.5 Å². The van der Waals surface area contributed by atoms with Crippen LogP contribution in [0.2, 0.25) is 23.2 Å². The van der Waals surface area contributed by atoms with Gasteiger partial charge in [-0.25, -0.2) is 4.79 Å². The first-order valence-electron chi connectivity index (χ1n) is 15.7. The van der Waals surface area contributed by atoms with Crippen LogP contribution in [0.1, 0.15) is 77.7 Å². The number of halogens is 1. The van der Waals surface area contributed by atoms with E-state index in [0.717, 1.165) is 55.7 Å². The van der Waals surface area contributed by atoms with Crippen LogP contribution in [-0.4, -0.2) is 55.6 Å². The average molecular weight is 642 g/mol. The minimum Gasteiger partial charge on any atom is -0.444 e. The Morgan fingerprint density at radius 1 is 1.05 bits per heavy atom. The molecule has 234 valence electrons. The third-order valence-corrected chi connectivity index (χ3v) is 15.0. The molecule has 9 heteroatoms. The number of hydrogen-bond donors (Lipinski definition) is 0. The number of likely N-dealkylation sites (tertiary alicyclic amines) is 1. The molecule has 4 heterocycles. The zero-order valence-electron chi connectivity index (χ0n) is 27.2. The number of hydrogen-bond acceptors (Lipinski definition) is 6. The maximum atomic E-state index is 12.9. The van der Waals surface area contributed by atoms with Gasteiger partial charge in [-0.15, -0.1) is 11.3 Å². The first kappa shape index (κ1) is 32.3. The van der Waals surface area contributed by atoms with Crippen LogP contribution in [-0.2, 0) is 22.2 Å². The summed E-state index contributed by atoms with van der Waals surface area (Å²) in [5.74, 6) is 0. The number of pyridine rings is 1. The summed E-state index contributed by atoms with van der Waals surface area (Å²) >= 11 is 8.58. The maximum absolute atomic E-state index is 12.9. The van der Waals surface area contributed by atoms with Crippen molar-refractivity contribution in [3.05, 3.63) is 45.9 Å². The molecule has 0 saturated carbocycles. The Kier molecular flexibility index (Phi) is 9.26. The molecule has 0 spiro atoms.